The number of ether oxygens (including phenoxy) is 2. The Balaban J connectivity index is 1.70. The normalized spacial score (nSPS) is 15.5. The SMILES string of the molecule is CCCCOC(=O)c1cccc(CNCCN2CCOCC2)c1. The van der Waals surface area contributed by atoms with Crippen LogP contribution in [-0.4, -0.2) is 56.9 Å². The van der Waals surface area contributed by atoms with Gasteiger partial charge in [-0.2, -0.15) is 0 Å². The summed E-state index contributed by atoms with van der Waals surface area (Å²) < 4.78 is 10.6. The van der Waals surface area contributed by atoms with Gasteiger partial charge in [-0.15, -0.1) is 0 Å². The molecule has 1 aromatic rings. The molecule has 0 bridgehead atoms. The van der Waals surface area contributed by atoms with E-state index in [1.807, 2.05) is 24.3 Å². The number of hydrogen-bond acceptors (Lipinski definition) is 5. The Morgan fingerprint density at radius 2 is 2.17 bits per heavy atom. The molecule has 0 spiro atoms. The fourth-order valence-electron chi connectivity index (χ4n) is 2.50. The predicted octanol–water partition coefficient (Wildman–Crippen LogP) is 2.07. The van der Waals surface area contributed by atoms with Crippen molar-refractivity contribution in [3.8, 4) is 0 Å². The van der Waals surface area contributed by atoms with E-state index < -0.39 is 0 Å². The number of unbranched alkanes of at least 4 members (excludes halogenated alkanes) is 1. The summed E-state index contributed by atoms with van der Waals surface area (Å²) in [6.07, 6.45) is 1.94. The topological polar surface area (TPSA) is 50.8 Å². The van der Waals surface area contributed by atoms with E-state index in [1.165, 1.54) is 0 Å². The number of nitrogens with one attached hydrogen (secondary N) is 1. The molecular formula is C18H28N2O3. The van der Waals surface area contributed by atoms with Crippen LogP contribution in [0.4, 0.5) is 0 Å². The molecule has 0 atom stereocenters. The zero-order chi connectivity index (χ0) is 16.3. The second kappa shape index (κ2) is 10.4. The van der Waals surface area contributed by atoms with Gasteiger partial charge in [0.2, 0.25) is 0 Å². The molecule has 5 nitrogen and oxygen atoms in total. The van der Waals surface area contributed by atoms with Crippen molar-refractivity contribution in [2.24, 2.45) is 0 Å². The molecule has 2 rings (SSSR count). The molecule has 0 aliphatic carbocycles. The second-order valence-electron chi connectivity index (χ2n) is 5.82. The largest absolute Gasteiger partial charge is 0.462 e. The average molecular weight is 320 g/mol. The number of nitrogens with zero attached hydrogens (tertiary/aromatic N) is 1. The number of hydrogen-bond donors (Lipinski definition) is 1. The van der Waals surface area contributed by atoms with Crippen molar-refractivity contribution < 1.29 is 14.3 Å². The van der Waals surface area contributed by atoms with Crippen molar-refractivity contribution in [3.63, 3.8) is 0 Å². The summed E-state index contributed by atoms with van der Waals surface area (Å²) in [4.78, 5) is 14.3. The van der Waals surface area contributed by atoms with Crippen LogP contribution in [0.5, 0.6) is 0 Å². The number of rotatable bonds is 9. The molecule has 1 heterocycles. The minimum absolute atomic E-state index is 0.228. The lowest BCUT2D eigenvalue weighted by Gasteiger charge is -2.26. The molecule has 1 aromatic carbocycles. The van der Waals surface area contributed by atoms with Gasteiger partial charge in [-0.1, -0.05) is 25.5 Å². The van der Waals surface area contributed by atoms with Crippen LogP contribution >= 0.6 is 0 Å². The highest BCUT2D eigenvalue weighted by Crippen LogP contribution is 2.07. The lowest BCUT2D eigenvalue weighted by molar-refractivity contribution is 0.0384. The van der Waals surface area contributed by atoms with Crippen LogP contribution in [0, 0.1) is 0 Å². The third-order valence-corrected chi connectivity index (χ3v) is 3.93. The maximum Gasteiger partial charge on any atom is 0.338 e. The molecule has 23 heavy (non-hydrogen) atoms. The van der Waals surface area contributed by atoms with Crippen molar-refractivity contribution in [1.29, 1.82) is 0 Å². The van der Waals surface area contributed by atoms with E-state index in [0.29, 0.717) is 12.2 Å². The van der Waals surface area contributed by atoms with Crippen LogP contribution in [0.2, 0.25) is 0 Å². The van der Waals surface area contributed by atoms with Crippen molar-refractivity contribution in [2.45, 2.75) is 26.3 Å². The maximum absolute atomic E-state index is 11.9. The van der Waals surface area contributed by atoms with E-state index in [9.17, 15) is 4.79 Å². The summed E-state index contributed by atoms with van der Waals surface area (Å²) in [5.41, 5.74) is 1.74. The molecule has 0 radical (unpaired) electrons. The summed E-state index contributed by atoms with van der Waals surface area (Å²) in [7, 11) is 0. The van der Waals surface area contributed by atoms with Crippen molar-refractivity contribution in [1.82, 2.24) is 10.2 Å². The molecule has 1 aliphatic heterocycles. The van der Waals surface area contributed by atoms with Crippen molar-refractivity contribution in [3.05, 3.63) is 35.4 Å². The first-order valence-corrected chi connectivity index (χ1v) is 8.56. The Bertz CT molecular complexity index is 473. The zero-order valence-corrected chi connectivity index (χ0v) is 14.1. The van der Waals surface area contributed by atoms with Crippen LogP contribution < -0.4 is 5.32 Å². The van der Waals surface area contributed by atoms with E-state index in [2.05, 4.69) is 17.1 Å². The Kier molecular flexibility index (Phi) is 8.07. The fraction of sp³-hybridized carbons (Fsp3) is 0.611. The Hall–Kier alpha value is -1.43. The van der Waals surface area contributed by atoms with E-state index in [-0.39, 0.29) is 5.97 Å². The summed E-state index contributed by atoms with van der Waals surface area (Å²) in [5, 5.41) is 3.43. The van der Waals surface area contributed by atoms with Gasteiger partial charge < -0.3 is 14.8 Å². The predicted molar refractivity (Wildman–Crippen MR) is 90.6 cm³/mol. The summed E-state index contributed by atoms with van der Waals surface area (Å²) in [6, 6.07) is 7.67. The molecule has 0 saturated carbocycles. The summed E-state index contributed by atoms with van der Waals surface area (Å²) >= 11 is 0. The molecular weight excluding hydrogens is 292 g/mol. The van der Waals surface area contributed by atoms with Gasteiger partial charge in [0.15, 0.2) is 0 Å². The van der Waals surface area contributed by atoms with Crippen LogP contribution in [0.25, 0.3) is 0 Å². The van der Waals surface area contributed by atoms with Crippen LogP contribution in [0.3, 0.4) is 0 Å². The first kappa shape index (κ1) is 17.9. The van der Waals surface area contributed by atoms with Gasteiger partial charge in [0, 0.05) is 32.7 Å². The van der Waals surface area contributed by atoms with Gasteiger partial charge in [0.05, 0.1) is 25.4 Å². The molecule has 0 unspecified atom stereocenters. The minimum Gasteiger partial charge on any atom is -0.462 e. The van der Waals surface area contributed by atoms with E-state index >= 15 is 0 Å². The highest BCUT2D eigenvalue weighted by molar-refractivity contribution is 5.89. The standard InChI is InChI=1S/C18H28N2O3/c1-2-3-11-23-18(21)17-6-4-5-16(14-17)15-19-7-8-20-9-12-22-13-10-20/h4-6,14,19H,2-3,7-13,15H2,1H3. The van der Waals surface area contributed by atoms with Gasteiger partial charge in [0.25, 0.3) is 0 Å². The van der Waals surface area contributed by atoms with Gasteiger partial charge in [-0.25, -0.2) is 4.79 Å². The molecule has 128 valence electrons. The lowest BCUT2D eigenvalue weighted by Crippen LogP contribution is -2.40. The van der Waals surface area contributed by atoms with Gasteiger partial charge >= 0.3 is 5.97 Å². The maximum atomic E-state index is 11.9. The number of carbonyl (C=O) groups excluding carboxylic acids is 1. The van der Waals surface area contributed by atoms with Gasteiger partial charge in [-0.05, 0) is 24.1 Å². The number of carbonyl (C=O) groups is 1. The fourth-order valence-corrected chi connectivity index (χ4v) is 2.50. The summed E-state index contributed by atoms with van der Waals surface area (Å²) in [5.74, 6) is -0.228. The van der Waals surface area contributed by atoms with Crippen LogP contribution in [-0.2, 0) is 16.0 Å². The quantitative estimate of drug-likeness (QED) is 0.557. The zero-order valence-electron chi connectivity index (χ0n) is 14.1. The monoisotopic (exact) mass is 320 g/mol. The minimum atomic E-state index is -0.228. The van der Waals surface area contributed by atoms with Gasteiger partial charge in [-0.3, -0.25) is 4.90 Å². The van der Waals surface area contributed by atoms with Gasteiger partial charge in [0.1, 0.15) is 0 Å². The third-order valence-electron chi connectivity index (χ3n) is 3.93. The molecule has 1 N–H and O–H groups in total. The average Bonchev–Trinajstić information content (AvgIpc) is 2.60. The molecule has 1 fully saturated rings. The third kappa shape index (κ3) is 6.69. The number of morpholine rings is 1. The Morgan fingerprint density at radius 1 is 1.35 bits per heavy atom. The highest BCUT2D eigenvalue weighted by atomic mass is 16.5. The molecule has 5 heteroatoms. The number of benzene rings is 1. The first-order valence-electron chi connectivity index (χ1n) is 8.56. The Morgan fingerprint density at radius 3 is 2.96 bits per heavy atom. The summed E-state index contributed by atoms with van der Waals surface area (Å²) in [6.45, 7) is 9.01. The van der Waals surface area contributed by atoms with E-state index in [1.54, 1.807) is 0 Å². The number of esters is 1. The Labute approximate surface area is 139 Å². The smallest absolute Gasteiger partial charge is 0.338 e. The van der Waals surface area contributed by atoms with Crippen LogP contribution in [0.1, 0.15) is 35.7 Å². The van der Waals surface area contributed by atoms with Crippen molar-refractivity contribution >= 4 is 5.97 Å². The van der Waals surface area contributed by atoms with Crippen LogP contribution in [0.15, 0.2) is 24.3 Å². The van der Waals surface area contributed by atoms with E-state index in [0.717, 1.165) is 64.3 Å². The lowest BCUT2D eigenvalue weighted by atomic mass is 10.1. The molecule has 0 aromatic heterocycles. The molecule has 1 saturated heterocycles. The second-order valence-corrected chi connectivity index (χ2v) is 5.82. The highest BCUT2D eigenvalue weighted by Gasteiger charge is 2.10. The molecule has 1 aliphatic rings. The first-order chi connectivity index (χ1) is 11.3. The van der Waals surface area contributed by atoms with E-state index in [4.69, 9.17) is 9.47 Å². The molecule has 0 amide bonds. The van der Waals surface area contributed by atoms with Crippen molar-refractivity contribution in [2.75, 3.05) is 46.0 Å².